The summed E-state index contributed by atoms with van der Waals surface area (Å²) < 4.78 is 5.56. The first-order valence-corrected chi connectivity index (χ1v) is 11.4. The first kappa shape index (κ1) is 23.9. The highest BCUT2D eigenvalue weighted by Gasteiger charge is 2.29. The standard InChI is InChI=1S/C26H26N4O5/c1-2-17(11-24(31)29-14-23-27-12-16(13-28-23)25(32)33)30-26(34)35-15-22-20-9-5-3-7-18(20)19-8-4-6-10-21(19)22/h3-10,12-13,17,22H,2,11,14-15H2,1H3,(H,29,31)(H,30,34)(H,32,33)/t17-/m1/s1. The molecule has 2 aromatic carbocycles. The van der Waals surface area contributed by atoms with Crippen LogP contribution in [-0.2, 0) is 16.1 Å². The van der Waals surface area contributed by atoms with E-state index < -0.39 is 18.1 Å². The fourth-order valence-corrected chi connectivity index (χ4v) is 4.13. The highest BCUT2D eigenvalue weighted by Crippen LogP contribution is 2.44. The van der Waals surface area contributed by atoms with E-state index in [1.807, 2.05) is 31.2 Å². The lowest BCUT2D eigenvalue weighted by Gasteiger charge is -2.18. The Morgan fingerprint density at radius 2 is 1.60 bits per heavy atom. The molecule has 0 fully saturated rings. The molecule has 0 saturated carbocycles. The number of ether oxygens (including phenoxy) is 1. The molecule has 3 N–H and O–H groups in total. The number of hydrogen-bond acceptors (Lipinski definition) is 6. The van der Waals surface area contributed by atoms with Gasteiger partial charge in [0, 0.05) is 30.8 Å². The minimum Gasteiger partial charge on any atom is -0.478 e. The summed E-state index contributed by atoms with van der Waals surface area (Å²) in [6.45, 7) is 2.13. The van der Waals surface area contributed by atoms with Gasteiger partial charge in [0.2, 0.25) is 5.91 Å². The Bertz CT molecular complexity index is 1180. The van der Waals surface area contributed by atoms with Crippen LogP contribution < -0.4 is 10.6 Å². The molecule has 9 heteroatoms. The van der Waals surface area contributed by atoms with E-state index >= 15 is 0 Å². The Labute approximate surface area is 202 Å². The summed E-state index contributed by atoms with van der Waals surface area (Å²) in [5, 5.41) is 14.3. The number of alkyl carbamates (subject to hydrolysis) is 1. The molecule has 4 rings (SSSR count). The molecule has 1 aliphatic rings. The normalized spacial score (nSPS) is 12.8. The molecule has 0 saturated heterocycles. The molecule has 3 aromatic rings. The fourth-order valence-electron chi connectivity index (χ4n) is 4.13. The first-order valence-electron chi connectivity index (χ1n) is 11.4. The van der Waals surface area contributed by atoms with Gasteiger partial charge >= 0.3 is 12.1 Å². The van der Waals surface area contributed by atoms with Crippen molar-refractivity contribution in [3.8, 4) is 11.1 Å². The number of fused-ring (bicyclic) bond motifs is 3. The van der Waals surface area contributed by atoms with E-state index in [-0.39, 0.29) is 37.0 Å². The molecule has 1 heterocycles. The maximum atomic E-state index is 12.5. The number of hydrogen-bond donors (Lipinski definition) is 3. The van der Waals surface area contributed by atoms with E-state index in [0.717, 1.165) is 22.3 Å². The predicted octanol–water partition coefficient (Wildman–Crippen LogP) is 3.50. The van der Waals surface area contributed by atoms with Crippen LogP contribution in [0.5, 0.6) is 0 Å². The molecule has 2 amide bonds. The Morgan fingerprint density at radius 1 is 1.00 bits per heavy atom. The summed E-state index contributed by atoms with van der Waals surface area (Å²) in [6, 6.07) is 15.8. The maximum absolute atomic E-state index is 12.5. The summed E-state index contributed by atoms with van der Waals surface area (Å²) >= 11 is 0. The van der Waals surface area contributed by atoms with Crippen LogP contribution in [0.15, 0.2) is 60.9 Å². The van der Waals surface area contributed by atoms with Crippen molar-refractivity contribution >= 4 is 18.0 Å². The summed E-state index contributed by atoms with van der Waals surface area (Å²) in [6.07, 6.45) is 2.41. The van der Waals surface area contributed by atoms with Gasteiger partial charge in [-0.2, -0.15) is 0 Å². The zero-order chi connectivity index (χ0) is 24.8. The highest BCUT2D eigenvalue weighted by atomic mass is 16.5. The van der Waals surface area contributed by atoms with Gasteiger partial charge in [0.15, 0.2) is 0 Å². The summed E-state index contributed by atoms with van der Waals surface area (Å²) in [4.78, 5) is 43.5. The van der Waals surface area contributed by atoms with Gasteiger partial charge < -0.3 is 20.5 Å². The molecule has 180 valence electrons. The third-order valence-corrected chi connectivity index (χ3v) is 5.99. The smallest absolute Gasteiger partial charge is 0.407 e. The average molecular weight is 475 g/mol. The molecule has 0 aliphatic heterocycles. The van der Waals surface area contributed by atoms with Crippen LogP contribution in [0, 0.1) is 0 Å². The molecular weight excluding hydrogens is 448 g/mol. The number of carbonyl (C=O) groups excluding carboxylic acids is 2. The number of aromatic nitrogens is 2. The number of carboxylic acid groups (broad SMARTS) is 1. The van der Waals surface area contributed by atoms with Crippen molar-refractivity contribution in [3.63, 3.8) is 0 Å². The van der Waals surface area contributed by atoms with Gasteiger partial charge in [0.1, 0.15) is 12.4 Å². The van der Waals surface area contributed by atoms with Gasteiger partial charge in [-0.1, -0.05) is 55.5 Å². The number of aromatic carboxylic acids is 1. The molecule has 0 radical (unpaired) electrons. The van der Waals surface area contributed by atoms with Gasteiger partial charge in [-0.05, 0) is 28.7 Å². The third-order valence-electron chi connectivity index (χ3n) is 5.99. The van der Waals surface area contributed by atoms with Crippen LogP contribution in [0.4, 0.5) is 4.79 Å². The fraction of sp³-hybridized carbons (Fsp3) is 0.269. The van der Waals surface area contributed by atoms with Gasteiger partial charge in [-0.15, -0.1) is 0 Å². The second-order valence-electron chi connectivity index (χ2n) is 8.25. The van der Waals surface area contributed by atoms with Gasteiger partial charge in [0.05, 0.1) is 12.1 Å². The van der Waals surface area contributed by atoms with Crippen LogP contribution in [-0.4, -0.2) is 45.7 Å². The number of amides is 2. The molecule has 35 heavy (non-hydrogen) atoms. The van der Waals surface area contributed by atoms with Crippen LogP contribution in [0.2, 0.25) is 0 Å². The topological polar surface area (TPSA) is 131 Å². The van der Waals surface area contributed by atoms with Crippen molar-refractivity contribution in [1.82, 2.24) is 20.6 Å². The SMILES string of the molecule is CC[C@H](CC(=O)NCc1ncc(C(=O)O)cn1)NC(=O)OCC1c2ccccc2-c2ccccc21. The summed E-state index contributed by atoms with van der Waals surface area (Å²) in [5.41, 5.74) is 4.54. The quantitative estimate of drug-likeness (QED) is 0.433. The van der Waals surface area contributed by atoms with E-state index in [9.17, 15) is 14.4 Å². The zero-order valence-corrected chi connectivity index (χ0v) is 19.2. The second-order valence-corrected chi connectivity index (χ2v) is 8.25. The van der Waals surface area contributed by atoms with Crippen LogP contribution in [0.1, 0.15) is 53.0 Å². The van der Waals surface area contributed by atoms with Gasteiger partial charge in [-0.25, -0.2) is 19.6 Å². The lowest BCUT2D eigenvalue weighted by Crippen LogP contribution is -2.39. The van der Waals surface area contributed by atoms with E-state index in [1.54, 1.807) is 0 Å². The van der Waals surface area contributed by atoms with Crippen LogP contribution in [0.25, 0.3) is 11.1 Å². The third kappa shape index (κ3) is 5.63. The summed E-state index contributed by atoms with van der Waals surface area (Å²) in [5.74, 6) is -1.16. The number of nitrogens with one attached hydrogen (secondary N) is 2. The first-order chi connectivity index (χ1) is 17.0. The number of carboxylic acids is 1. The lowest BCUT2D eigenvalue weighted by molar-refractivity contribution is -0.121. The van der Waals surface area contributed by atoms with Crippen molar-refractivity contribution in [1.29, 1.82) is 0 Å². The zero-order valence-electron chi connectivity index (χ0n) is 19.2. The molecule has 0 bridgehead atoms. The number of carbonyl (C=O) groups is 3. The maximum Gasteiger partial charge on any atom is 0.407 e. The average Bonchev–Trinajstić information content (AvgIpc) is 3.19. The van der Waals surface area contributed by atoms with Crippen molar-refractivity contribution in [3.05, 3.63) is 83.4 Å². The van der Waals surface area contributed by atoms with Crippen LogP contribution >= 0.6 is 0 Å². The lowest BCUT2D eigenvalue weighted by atomic mass is 9.98. The number of nitrogens with zero attached hydrogens (tertiary/aromatic N) is 2. The minimum absolute atomic E-state index is 0.0292. The van der Waals surface area contributed by atoms with E-state index in [0.29, 0.717) is 12.2 Å². The number of benzene rings is 2. The molecule has 1 aliphatic carbocycles. The highest BCUT2D eigenvalue weighted by molar-refractivity contribution is 5.86. The minimum atomic E-state index is -1.12. The largest absolute Gasteiger partial charge is 0.478 e. The molecule has 9 nitrogen and oxygen atoms in total. The van der Waals surface area contributed by atoms with Gasteiger partial charge in [-0.3, -0.25) is 4.79 Å². The molecule has 1 aromatic heterocycles. The Morgan fingerprint density at radius 3 is 2.17 bits per heavy atom. The molecule has 1 atom stereocenters. The molecule has 0 spiro atoms. The molecular formula is C26H26N4O5. The second kappa shape index (κ2) is 10.8. The Kier molecular flexibility index (Phi) is 7.35. The van der Waals surface area contributed by atoms with E-state index in [4.69, 9.17) is 9.84 Å². The Hall–Kier alpha value is -4.27. The molecule has 0 unspecified atom stereocenters. The summed E-state index contributed by atoms with van der Waals surface area (Å²) in [7, 11) is 0. The van der Waals surface area contributed by atoms with Crippen molar-refractivity contribution < 1.29 is 24.2 Å². The number of rotatable bonds is 9. The van der Waals surface area contributed by atoms with Crippen molar-refractivity contribution in [2.45, 2.75) is 38.3 Å². The van der Waals surface area contributed by atoms with E-state index in [1.165, 1.54) is 12.4 Å². The van der Waals surface area contributed by atoms with Crippen LogP contribution in [0.3, 0.4) is 0 Å². The van der Waals surface area contributed by atoms with Gasteiger partial charge in [0.25, 0.3) is 0 Å². The van der Waals surface area contributed by atoms with Crippen molar-refractivity contribution in [2.24, 2.45) is 0 Å². The van der Waals surface area contributed by atoms with E-state index in [2.05, 4.69) is 44.9 Å². The Balaban J connectivity index is 1.27. The monoisotopic (exact) mass is 474 g/mol. The van der Waals surface area contributed by atoms with Crippen molar-refractivity contribution in [2.75, 3.05) is 6.61 Å². The predicted molar refractivity (Wildman–Crippen MR) is 128 cm³/mol.